The predicted molar refractivity (Wildman–Crippen MR) is 72.0 cm³/mol. The minimum absolute atomic E-state index is 0.257. The van der Waals surface area contributed by atoms with Crippen LogP contribution in [0.2, 0.25) is 0 Å². The van der Waals surface area contributed by atoms with Gasteiger partial charge in [-0.3, -0.25) is 0 Å². The van der Waals surface area contributed by atoms with Gasteiger partial charge in [-0.1, -0.05) is 43.5 Å². The van der Waals surface area contributed by atoms with Gasteiger partial charge in [-0.05, 0) is 49.7 Å². The Morgan fingerprint density at radius 3 is 2.65 bits per heavy atom. The van der Waals surface area contributed by atoms with E-state index in [9.17, 15) is 5.11 Å². The minimum Gasteiger partial charge on any atom is -0.388 e. The molecule has 0 amide bonds. The summed E-state index contributed by atoms with van der Waals surface area (Å²) in [6, 6.07) is 6.39. The Kier molecular flexibility index (Phi) is 3.88. The number of aliphatic hydroxyl groups is 1. The fourth-order valence-corrected chi connectivity index (χ4v) is 3.18. The zero-order chi connectivity index (χ0) is 12.4. The third kappa shape index (κ3) is 2.71. The predicted octanol–water partition coefficient (Wildman–Crippen LogP) is 4.16. The molecule has 0 saturated heterocycles. The van der Waals surface area contributed by atoms with Gasteiger partial charge in [0.05, 0.1) is 6.10 Å². The maximum absolute atomic E-state index is 10.5. The van der Waals surface area contributed by atoms with Gasteiger partial charge in [-0.2, -0.15) is 0 Å². The molecule has 1 heteroatoms. The molecule has 1 nitrogen and oxygen atoms in total. The van der Waals surface area contributed by atoms with Crippen molar-refractivity contribution in [3.8, 4) is 0 Å². The molecule has 2 rings (SSSR count). The molecular weight excluding hydrogens is 208 g/mol. The lowest BCUT2D eigenvalue weighted by Crippen LogP contribution is -2.11. The highest BCUT2D eigenvalue weighted by molar-refractivity contribution is 5.32. The monoisotopic (exact) mass is 232 g/mol. The van der Waals surface area contributed by atoms with Crippen LogP contribution in [0.3, 0.4) is 0 Å². The summed E-state index contributed by atoms with van der Waals surface area (Å²) < 4.78 is 0. The minimum atomic E-state index is -0.257. The number of aryl methyl sites for hydroxylation is 2. The number of aliphatic hydroxyl groups excluding tert-OH is 1. The van der Waals surface area contributed by atoms with Crippen LogP contribution in [0.15, 0.2) is 18.2 Å². The number of hydrogen-bond donors (Lipinski definition) is 1. The lowest BCUT2D eigenvalue weighted by atomic mass is 9.90. The van der Waals surface area contributed by atoms with Crippen LogP contribution in [0.1, 0.15) is 55.4 Å². The number of hydrogen-bond acceptors (Lipinski definition) is 1. The molecule has 94 valence electrons. The molecule has 1 aliphatic rings. The Balaban J connectivity index is 2.12. The normalized spacial score (nSPS) is 26.1. The van der Waals surface area contributed by atoms with Crippen LogP contribution in [0, 0.1) is 25.7 Å². The van der Waals surface area contributed by atoms with Crippen molar-refractivity contribution in [2.45, 2.75) is 52.6 Å². The fourth-order valence-electron chi connectivity index (χ4n) is 3.18. The van der Waals surface area contributed by atoms with Gasteiger partial charge in [0, 0.05) is 0 Å². The lowest BCUT2D eigenvalue weighted by molar-refractivity contribution is 0.108. The molecule has 0 bridgehead atoms. The van der Waals surface area contributed by atoms with Crippen molar-refractivity contribution >= 4 is 0 Å². The Labute approximate surface area is 105 Å². The Bertz CT molecular complexity index is 383. The Hall–Kier alpha value is -0.820. The van der Waals surface area contributed by atoms with Gasteiger partial charge in [-0.25, -0.2) is 0 Å². The molecule has 1 aromatic carbocycles. The zero-order valence-corrected chi connectivity index (χ0v) is 11.2. The molecule has 1 saturated carbocycles. The van der Waals surface area contributed by atoms with Gasteiger partial charge < -0.3 is 5.11 Å². The van der Waals surface area contributed by atoms with Gasteiger partial charge in [0.1, 0.15) is 0 Å². The van der Waals surface area contributed by atoms with Gasteiger partial charge in [0.25, 0.3) is 0 Å². The van der Waals surface area contributed by atoms with E-state index in [1.165, 1.54) is 36.8 Å². The molecule has 3 atom stereocenters. The molecule has 1 N–H and O–H groups in total. The second kappa shape index (κ2) is 5.22. The van der Waals surface area contributed by atoms with Crippen LogP contribution in [0.4, 0.5) is 0 Å². The third-order valence-corrected chi connectivity index (χ3v) is 4.35. The van der Waals surface area contributed by atoms with Crippen molar-refractivity contribution in [3.05, 3.63) is 34.9 Å². The average Bonchev–Trinajstić information content (AvgIpc) is 2.76. The molecule has 0 radical (unpaired) electrons. The first kappa shape index (κ1) is 12.6. The summed E-state index contributed by atoms with van der Waals surface area (Å²) >= 11 is 0. The van der Waals surface area contributed by atoms with Crippen LogP contribution in [-0.4, -0.2) is 5.11 Å². The molecule has 0 spiro atoms. The van der Waals surface area contributed by atoms with E-state index < -0.39 is 0 Å². The largest absolute Gasteiger partial charge is 0.388 e. The standard InChI is InChI=1S/C16H24O/c1-4-13-6-7-14(10-13)16(17)15-8-5-11(2)9-12(15)3/h5,8-9,13-14,16-17H,4,6-7,10H2,1-3H3. The summed E-state index contributed by atoms with van der Waals surface area (Å²) in [5.41, 5.74) is 3.64. The topological polar surface area (TPSA) is 20.2 Å². The van der Waals surface area contributed by atoms with E-state index in [1.54, 1.807) is 0 Å². The summed E-state index contributed by atoms with van der Waals surface area (Å²) in [5, 5.41) is 10.5. The van der Waals surface area contributed by atoms with Crippen molar-refractivity contribution in [1.82, 2.24) is 0 Å². The maximum Gasteiger partial charge on any atom is 0.0820 e. The molecule has 0 aromatic heterocycles. The lowest BCUT2D eigenvalue weighted by Gasteiger charge is -2.20. The molecule has 3 unspecified atom stereocenters. The molecule has 1 fully saturated rings. The first-order chi connectivity index (χ1) is 8.11. The highest BCUT2D eigenvalue weighted by Gasteiger charge is 2.30. The highest BCUT2D eigenvalue weighted by Crippen LogP contribution is 2.40. The summed E-state index contributed by atoms with van der Waals surface area (Å²) in [7, 11) is 0. The van der Waals surface area contributed by atoms with Gasteiger partial charge in [-0.15, -0.1) is 0 Å². The average molecular weight is 232 g/mol. The molecule has 0 heterocycles. The summed E-state index contributed by atoms with van der Waals surface area (Å²) in [5.74, 6) is 1.31. The van der Waals surface area contributed by atoms with E-state index in [4.69, 9.17) is 0 Å². The quantitative estimate of drug-likeness (QED) is 0.829. The molecule has 1 aromatic rings. The summed E-state index contributed by atoms with van der Waals surface area (Å²) in [6.45, 7) is 6.47. The number of rotatable bonds is 3. The van der Waals surface area contributed by atoms with Crippen LogP contribution < -0.4 is 0 Å². The van der Waals surface area contributed by atoms with Crippen molar-refractivity contribution in [2.75, 3.05) is 0 Å². The highest BCUT2D eigenvalue weighted by atomic mass is 16.3. The van der Waals surface area contributed by atoms with E-state index in [0.29, 0.717) is 5.92 Å². The van der Waals surface area contributed by atoms with Crippen LogP contribution in [0.25, 0.3) is 0 Å². The molecule has 0 aliphatic heterocycles. The number of benzene rings is 1. The summed E-state index contributed by atoms with van der Waals surface area (Å²) in [6.07, 6.45) is 4.68. The first-order valence-corrected chi connectivity index (χ1v) is 6.87. The van der Waals surface area contributed by atoms with Crippen molar-refractivity contribution in [1.29, 1.82) is 0 Å². The van der Waals surface area contributed by atoms with Crippen LogP contribution in [-0.2, 0) is 0 Å². The van der Waals surface area contributed by atoms with E-state index in [1.807, 2.05) is 0 Å². The van der Waals surface area contributed by atoms with E-state index >= 15 is 0 Å². The van der Waals surface area contributed by atoms with Crippen molar-refractivity contribution < 1.29 is 5.11 Å². The van der Waals surface area contributed by atoms with Crippen molar-refractivity contribution in [3.63, 3.8) is 0 Å². The maximum atomic E-state index is 10.5. The van der Waals surface area contributed by atoms with Gasteiger partial charge in [0.2, 0.25) is 0 Å². The Morgan fingerprint density at radius 2 is 2.06 bits per heavy atom. The van der Waals surface area contributed by atoms with E-state index in [2.05, 4.69) is 39.0 Å². The third-order valence-electron chi connectivity index (χ3n) is 4.35. The van der Waals surface area contributed by atoms with Gasteiger partial charge >= 0.3 is 0 Å². The van der Waals surface area contributed by atoms with Crippen LogP contribution in [0.5, 0.6) is 0 Å². The van der Waals surface area contributed by atoms with Crippen molar-refractivity contribution in [2.24, 2.45) is 11.8 Å². The zero-order valence-electron chi connectivity index (χ0n) is 11.2. The van der Waals surface area contributed by atoms with E-state index in [0.717, 1.165) is 11.5 Å². The van der Waals surface area contributed by atoms with Gasteiger partial charge in [0.15, 0.2) is 0 Å². The van der Waals surface area contributed by atoms with E-state index in [-0.39, 0.29) is 6.10 Å². The molecular formula is C16H24O. The Morgan fingerprint density at radius 1 is 1.29 bits per heavy atom. The summed E-state index contributed by atoms with van der Waals surface area (Å²) in [4.78, 5) is 0. The second-order valence-corrected chi connectivity index (χ2v) is 5.65. The first-order valence-electron chi connectivity index (χ1n) is 6.87. The molecule has 1 aliphatic carbocycles. The smallest absolute Gasteiger partial charge is 0.0820 e. The second-order valence-electron chi connectivity index (χ2n) is 5.65. The molecule has 17 heavy (non-hydrogen) atoms. The SMILES string of the molecule is CCC1CCC(C(O)c2ccc(C)cc2C)C1. The van der Waals surface area contributed by atoms with Crippen LogP contribution >= 0.6 is 0 Å². The fraction of sp³-hybridized carbons (Fsp3) is 0.625.